The van der Waals surface area contributed by atoms with E-state index in [0.29, 0.717) is 6.20 Å². The van der Waals surface area contributed by atoms with Gasteiger partial charge in [0.15, 0.2) is 0 Å². The van der Waals surface area contributed by atoms with Gasteiger partial charge in [-0.2, -0.15) is 13.2 Å². The maximum Gasteiger partial charge on any atom is 0.417 e. The predicted molar refractivity (Wildman–Crippen MR) is 87.8 cm³/mol. The molecule has 0 atom stereocenters. The van der Waals surface area contributed by atoms with Gasteiger partial charge in [0, 0.05) is 25.4 Å². The van der Waals surface area contributed by atoms with Crippen LogP contribution in [0.3, 0.4) is 0 Å². The first kappa shape index (κ1) is 19.0. The molecular weight excluding hydrogens is 355 g/mol. The molecular formula is C15H14F3N5O3. The number of carbonyl (C=O) groups excluding carboxylic acids is 1. The first-order valence-electron chi connectivity index (χ1n) is 7.33. The molecule has 0 aliphatic heterocycles. The number of rotatable bonds is 6. The summed E-state index contributed by atoms with van der Waals surface area (Å²) in [5.41, 5.74) is -1.05. The van der Waals surface area contributed by atoms with E-state index in [1.807, 2.05) is 0 Å². The number of nitro groups is 1. The number of para-hydroxylation sites is 2. The number of pyridine rings is 1. The number of anilines is 2. The summed E-state index contributed by atoms with van der Waals surface area (Å²) in [6.45, 7) is 0.317. The molecule has 0 bridgehead atoms. The fourth-order valence-electron chi connectivity index (χ4n) is 1.94. The summed E-state index contributed by atoms with van der Waals surface area (Å²) in [5.74, 6) is 0.221. The third-order valence-corrected chi connectivity index (χ3v) is 3.16. The molecule has 0 aliphatic rings. The van der Waals surface area contributed by atoms with Crippen LogP contribution in [0.2, 0.25) is 0 Å². The maximum absolute atomic E-state index is 12.4. The SMILES string of the molecule is O=C(NCCNc1ccc(C(F)(F)F)cn1)Nc1ccccc1[N+](=O)[O-]. The number of nitro benzene ring substituents is 1. The van der Waals surface area contributed by atoms with Crippen molar-refractivity contribution in [1.29, 1.82) is 0 Å². The number of nitrogens with one attached hydrogen (secondary N) is 3. The van der Waals surface area contributed by atoms with E-state index < -0.39 is 22.7 Å². The van der Waals surface area contributed by atoms with Crippen molar-refractivity contribution in [3.05, 3.63) is 58.3 Å². The van der Waals surface area contributed by atoms with Crippen LogP contribution in [0.1, 0.15) is 5.56 Å². The molecule has 0 spiro atoms. The fraction of sp³-hybridized carbons (Fsp3) is 0.200. The lowest BCUT2D eigenvalue weighted by atomic mass is 10.3. The van der Waals surface area contributed by atoms with Crippen molar-refractivity contribution in [3.8, 4) is 0 Å². The molecule has 11 heteroatoms. The van der Waals surface area contributed by atoms with E-state index in [-0.39, 0.29) is 30.3 Å². The molecule has 0 saturated carbocycles. The van der Waals surface area contributed by atoms with Gasteiger partial charge in [0.2, 0.25) is 0 Å². The summed E-state index contributed by atoms with van der Waals surface area (Å²) in [6, 6.07) is 7.08. The summed E-state index contributed by atoms with van der Waals surface area (Å²) in [6.07, 6.45) is -3.75. The van der Waals surface area contributed by atoms with Crippen LogP contribution in [0.25, 0.3) is 0 Å². The van der Waals surface area contributed by atoms with Gasteiger partial charge < -0.3 is 16.0 Å². The Hall–Kier alpha value is -3.37. The second kappa shape index (κ2) is 8.14. The van der Waals surface area contributed by atoms with Gasteiger partial charge >= 0.3 is 12.2 Å². The van der Waals surface area contributed by atoms with Crippen molar-refractivity contribution in [3.63, 3.8) is 0 Å². The molecule has 138 valence electrons. The summed E-state index contributed by atoms with van der Waals surface area (Å²) >= 11 is 0. The van der Waals surface area contributed by atoms with E-state index in [4.69, 9.17) is 0 Å². The first-order chi connectivity index (χ1) is 12.3. The van der Waals surface area contributed by atoms with Crippen molar-refractivity contribution in [1.82, 2.24) is 10.3 Å². The monoisotopic (exact) mass is 369 g/mol. The zero-order chi connectivity index (χ0) is 19.2. The zero-order valence-electron chi connectivity index (χ0n) is 13.2. The van der Waals surface area contributed by atoms with Gasteiger partial charge in [0.05, 0.1) is 10.5 Å². The fourth-order valence-corrected chi connectivity index (χ4v) is 1.94. The molecule has 26 heavy (non-hydrogen) atoms. The highest BCUT2D eigenvalue weighted by molar-refractivity contribution is 5.91. The van der Waals surface area contributed by atoms with Crippen molar-refractivity contribution in [2.75, 3.05) is 23.7 Å². The Bertz CT molecular complexity index is 781. The van der Waals surface area contributed by atoms with Gasteiger partial charge in [-0.3, -0.25) is 10.1 Å². The van der Waals surface area contributed by atoms with E-state index >= 15 is 0 Å². The summed E-state index contributed by atoms with van der Waals surface area (Å²) in [4.78, 5) is 25.6. The van der Waals surface area contributed by atoms with Crippen molar-refractivity contribution >= 4 is 23.2 Å². The van der Waals surface area contributed by atoms with E-state index in [1.165, 1.54) is 24.3 Å². The van der Waals surface area contributed by atoms with Gasteiger partial charge in [-0.15, -0.1) is 0 Å². The third-order valence-electron chi connectivity index (χ3n) is 3.16. The Balaban J connectivity index is 1.78. The van der Waals surface area contributed by atoms with Crippen molar-refractivity contribution in [2.45, 2.75) is 6.18 Å². The van der Waals surface area contributed by atoms with Crippen LogP contribution >= 0.6 is 0 Å². The Kier molecular flexibility index (Phi) is 5.94. The van der Waals surface area contributed by atoms with E-state index in [9.17, 15) is 28.1 Å². The van der Waals surface area contributed by atoms with Gasteiger partial charge in [0.1, 0.15) is 11.5 Å². The number of aromatic nitrogens is 1. The molecule has 8 nitrogen and oxygen atoms in total. The second-order valence-corrected chi connectivity index (χ2v) is 5.01. The number of halogens is 3. The highest BCUT2D eigenvalue weighted by Gasteiger charge is 2.30. The van der Waals surface area contributed by atoms with Crippen LogP contribution in [0, 0.1) is 10.1 Å². The standard InChI is InChI=1S/C15H14F3N5O3/c16-15(17,18)10-5-6-13(21-9-10)19-7-8-20-14(24)22-11-3-1-2-4-12(11)23(25)26/h1-6,9H,7-8H2,(H,19,21)(H2,20,22,24). The molecule has 0 fully saturated rings. The molecule has 3 N–H and O–H groups in total. The molecule has 1 aromatic heterocycles. The van der Waals surface area contributed by atoms with Gasteiger partial charge in [-0.05, 0) is 18.2 Å². The number of amides is 2. The van der Waals surface area contributed by atoms with E-state index in [1.54, 1.807) is 6.07 Å². The van der Waals surface area contributed by atoms with Gasteiger partial charge in [0.25, 0.3) is 5.69 Å². The summed E-state index contributed by atoms with van der Waals surface area (Å²) in [5, 5.41) is 18.4. The Morgan fingerprint density at radius 3 is 2.50 bits per heavy atom. The Morgan fingerprint density at radius 2 is 1.88 bits per heavy atom. The normalized spacial score (nSPS) is 10.9. The minimum absolute atomic E-state index is 0.0485. The average Bonchev–Trinajstić information content (AvgIpc) is 2.58. The van der Waals surface area contributed by atoms with Crippen molar-refractivity contribution in [2.24, 2.45) is 0 Å². The quantitative estimate of drug-likeness (QED) is 0.411. The van der Waals surface area contributed by atoms with Crippen LogP contribution in [0.4, 0.5) is 35.2 Å². The first-order valence-corrected chi connectivity index (χ1v) is 7.33. The van der Waals surface area contributed by atoms with E-state index in [0.717, 1.165) is 6.07 Å². The van der Waals surface area contributed by atoms with Crippen LogP contribution in [0.15, 0.2) is 42.6 Å². The molecule has 0 unspecified atom stereocenters. The number of hydrogen-bond acceptors (Lipinski definition) is 5. The lowest BCUT2D eigenvalue weighted by molar-refractivity contribution is -0.383. The van der Waals surface area contributed by atoms with Crippen LogP contribution in [-0.2, 0) is 6.18 Å². The van der Waals surface area contributed by atoms with E-state index in [2.05, 4.69) is 20.9 Å². The lowest BCUT2D eigenvalue weighted by Gasteiger charge is -2.10. The maximum atomic E-state index is 12.4. The Labute approximate surface area is 145 Å². The smallest absolute Gasteiger partial charge is 0.368 e. The minimum Gasteiger partial charge on any atom is -0.368 e. The zero-order valence-corrected chi connectivity index (χ0v) is 13.2. The summed E-state index contributed by atoms with van der Waals surface area (Å²) < 4.78 is 37.2. The molecule has 2 rings (SSSR count). The number of hydrogen-bond donors (Lipinski definition) is 3. The number of carbonyl (C=O) groups is 1. The van der Waals surface area contributed by atoms with Crippen LogP contribution < -0.4 is 16.0 Å². The molecule has 1 aromatic carbocycles. The van der Waals surface area contributed by atoms with Crippen LogP contribution in [0.5, 0.6) is 0 Å². The third kappa shape index (κ3) is 5.33. The predicted octanol–water partition coefficient (Wildman–Crippen LogP) is 3.24. The number of nitrogens with zero attached hydrogens (tertiary/aromatic N) is 2. The Morgan fingerprint density at radius 1 is 1.15 bits per heavy atom. The number of urea groups is 1. The average molecular weight is 369 g/mol. The largest absolute Gasteiger partial charge is 0.417 e. The highest BCUT2D eigenvalue weighted by atomic mass is 19.4. The molecule has 1 heterocycles. The summed E-state index contributed by atoms with van der Waals surface area (Å²) in [7, 11) is 0. The highest BCUT2D eigenvalue weighted by Crippen LogP contribution is 2.28. The molecule has 0 radical (unpaired) electrons. The topological polar surface area (TPSA) is 109 Å². The van der Waals surface area contributed by atoms with Crippen LogP contribution in [-0.4, -0.2) is 29.0 Å². The number of alkyl halides is 3. The van der Waals surface area contributed by atoms with Crippen molar-refractivity contribution < 1.29 is 22.9 Å². The molecule has 0 aliphatic carbocycles. The van der Waals surface area contributed by atoms with Gasteiger partial charge in [-0.1, -0.05) is 12.1 Å². The van der Waals surface area contributed by atoms with Gasteiger partial charge in [-0.25, -0.2) is 9.78 Å². The lowest BCUT2D eigenvalue weighted by Crippen LogP contribution is -2.32. The number of benzene rings is 1. The molecule has 0 saturated heterocycles. The molecule has 2 aromatic rings. The minimum atomic E-state index is -4.45. The molecule has 2 amide bonds. The second-order valence-electron chi connectivity index (χ2n) is 5.01.